The molecule has 0 N–H and O–H groups in total. The van der Waals surface area contributed by atoms with Crippen LogP contribution in [0, 0.1) is 0 Å². The van der Waals surface area contributed by atoms with Gasteiger partial charge in [0.15, 0.2) is 0 Å². The number of ether oxygens (including phenoxy) is 4. The minimum absolute atomic E-state index is 0.319. The van der Waals surface area contributed by atoms with E-state index in [4.69, 9.17) is 18.9 Å². The fraction of sp³-hybridized carbons (Fsp3) is 0.500. The van der Waals surface area contributed by atoms with E-state index < -0.39 is 12.3 Å². The normalized spacial score (nSPS) is 16.0. The summed E-state index contributed by atoms with van der Waals surface area (Å²) in [5, 5.41) is 4.97. The number of nitrogens with zero attached hydrogens (tertiary/aromatic N) is 2. The standard InChI is InChI=1S/C52H64N2O6/c1-3-5-27-51(29-11-12-30-51)59-49(55)57-35-17-15-33-53-46-22-10-8-20-42(46)44-37-39(24-26-47(44)53)40-23-25-43-41-19-7-9-21-45(41)54(48(43)38-40)34-16-18-36-58-50(56)60-52(28-6-4-2)31-13-14-32-52/h7-10,19-26,37-38H,3-6,11-18,27-36H2,1-2H3. The summed E-state index contributed by atoms with van der Waals surface area (Å²) in [6, 6.07) is 31.0. The van der Waals surface area contributed by atoms with E-state index >= 15 is 0 Å². The van der Waals surface area contributed by atoms with Gasteiger partial charge >= 0.3 is 12.3 Å². The van der Waals surface area contributed by atoms with Crippen molar-refractivity contribution in [1.82, 2.24) is 9.13 Å². The third-order valence-electron chi connectivity index (χ3n) is 13.5. The van der Waals surface area contributed by atoms with Gasteiger partial charge in [-0.15, -0.1) is 0 Å². The molecule has 6 aromatic rings. The van der Waals surface area contributed by atoms with Gasteiger partial charge in [0, 0.05) is 56.7 Å². The van der Waals surface area contributed by atoms with Crippen LogP contribution in [0.15, 0.2) is 84.9 Å². The Morgan fingerprint density at radius 1 is 0.500 bits per heavy atom. The predicted octanol–water partition coefficient (Wildman–Crippen LogP) is 14.4. The van der Waals surface area contributed by atoms with Crippen LogP contribution in [-0.2, 0) is 32.0 Å². The average molecular weight is 813 g/mol. The molecular formula is C52H64N2O6. The molecule has 0 aliphatic heterocycles. The maximum Gasteiger partial charge on any atom is 0.508 e. The first kappa shape index (κ1) is 41.7. The molecule has 4 aromatic carbocycles. The molecule has 0 unspecified atom stereocenters. The Bertz CT molecular complexity index is 2390. The zero-order valence-corrected chi connectivity index (χ0v) is 36.0. The molecule has 2 saturated carbocycles. The number of hydrogen-bond acceptors (Lipinski definition) is 6. The van der Waals surface area contributed by atoms with Crippen molar-refractivity contribution in [3.05, 3.63) is 84.9 Å². The number of aromatic nitrogens is 2. The number of carbonyl (C=O) groups is 2. The lowest BCUT2D eigenvalue weighted by molar-refractivity contribution is -0.0390. The Morgan fingerprint density at radius 2 is 0.950 bits per heavy atom. The number of hydrogen-bond donors (Lipinski definition) is 0. The molecule has 2 aliphatic carbocycles. The van der Waals surface area contributed by atoms with Crippen molar-refractivity contribution in [3.63, 3.8) is 0 Å². The topological polar surface area (TPSA) is 80.9 Å². The summed E-state index contributed by atoms with van der Waals surface area (Å²) < 4.78 is 28.0. The Morgan fingerprint density at radius 3 is 1.50 bits per heavy atom. The minimum Gasteiger partial charge on any atom is -0.434 e. The maximum atomic E-state index is 12.7. The number of rotatable bonds is 19. The molecule has 0 atom stereocenters. The average Bonchev–Trinajstić information content (AvgIpc) is 4.07. The van der Waals surface area contributed by atoms with Gasteiger partial charge in [0.05, 0.1) is 13.2 Å². The Labute approximate surface area is 355 Å². The summed E-state index contributed by atoms with van der Waals surface area (Å²) in [6.45, 7) is 6.75. The third-order valence-corrected chi connectivity index (χ3v) is 13.5. The van der Waals surface area contributed by atoms with Gasteiger partial charge in [0.1, 0.15) is 11.2 Å². The van der Waals surface area contributed by atoms with Crippen LogP contribution in [0.2, 0.25) is 0 Å². The first-order valence-electron chi connectivity index (χ1n) is 23.2. The van der Waals surface area contributed by atoms with Crippen LogP contribution < -0.4 is 0 Å². The molecule has 8 heteroatoms. The molecule has 0 spiro atoms. The first-order chi connectivity index (χ1) is 29.4. The van der Waals surface area contributed by atoms with Crippen LogP contribution in [0.3, 0.4) is 0 Å². The van der Waals surface area contributed by atoms with Gasteiger partial charge in [-0.3, -0.25) is 0 Å². The van der Waals surface area contributed by atoms with E-state index in [0.29, 0.717) is 13.2 Å². The van der Waals surface area contributed by atoms with Crippen LogP contribution in [0.1, 0.15) is 129 Å². The summed E-state index contributed by atoms with van der Waals surface area (Å²) in [4.78, 5) is 25.4. The highest BCUT2D eigenvalue weighted by molar-refractivity contribution is 6.11. The fourth-order valence-corrected chi connectivity index (χ4v) is 10.3. The summed E-state index contributed by atoms with van der Waals surface area (Å²) in [5.74, 6) is 0. The molecule has 8 nitrogen and oxygen atoms in total. The van der Waals surface area contributed by atoms with E-state index in [1.165, 1.54) is 54.7 Å². The molecule has 318 valence electrons. The fourth-order valence-electron chi connectivity index (χ4n) is 10.3. The largest absolute Gasteiger partial charge is 0.508 e. The van der Waals surface area contributed by atoms with Gasteiger partial charge in [0.25, 0.3) is 0 Å². The van der Waals surface area contributed by atoms with E-state index in [2.05, 4.69) is 108 Å². The van der Waals surface area contributed by atoms with Gasteiger partial charge in [-0.2, -0.15) is 0 Å². The summed E-state index contributed by atoms with van der Waals surface area (Å²) in [5.41, 5.74) is 6.57. The molecule has 2 fully saturated rings. The smallest absolute Gasteiger partial charge is 0.434 e. The lowest BCUT2D eigenvalue weighted by Gasteiger charge is -2.28. The summed E-state index contributed by atoms with van der Waals surface area (Å²) in [6.07, 6.45) is 16.8. The molecule has 0 radical (unpaired) electrons. The number of benzene rings is 4. The van der Waals surface area contributed by atoms with Crippen molar-refractivity contribution in [1.29, 1.82) is 0 Å². The molecule has 2 aromatic heterocycles. The molecule has 0 amide bonds. The Balaban J connectivity index is 0.930. The molecular weight excluding hydrogens is 749 g/mol. The molecule has 0 bridgehead atoms. The SMILES string of the molecule is CCCCC1(OC(=O)OCCCCn2c3ccccc3c3cc(-c4ccc5c6ccccc6n(CCCCOC(=O)OC6(CCCC)CCCC6)c5c4)ccc32)CCCC1. The Kier molecular flexibility index (Phi) is 13.3. The summed E-state index contributed by atoms with van der Waals surface area (Å²) in [7, 11) is 0. The van der Waals surface area contributed by atoms with Gasteiger partial charge in [-0.05, 0) is 144 Å². The number of para-hydroxylation sites is 2. The van der Waals surface area contributed by atoms with Crippen molar-refractivity contribution in [2.24, 2.45) is 0 Å². The number of fused-ring (bicyclic) bond motifs is 6. The van der Waals surface area contributed by atoms with Gasteiger partial charge < -0.3 is 28.1 Å². The second-order valence-corrected chi connectivity index (χ2v) is 17.6. The van der Waals surface area contributed by atoms with E-state index in [1.54, 1.807) is 0 Å². The highest BCUT2D eigenvalue weighted by Gasteiger charge is 2.38. The number of unbranched alkanes of at least 4 members (excludes halogenated alkanes) is 4. The van der Waals surface area contributed by atoms with Crippen LogP contribution in [0.25, 0.3) is 54.7 Å². The highest BCUT2D eigenvalue weighted by Crippen LogP contribution is 2.40. The van der Waals surface area contributed by atoms with E-state index in [-0.39, 0.29) is 11.2 Å². The van der Waals surface area contributed by atoms with Crippen molar-refractivity contribution >= 4 is 55.9 Å². The van der Waals surface area contributed by atoms with Crippen LogP contribution in [0.4, 0.5) is 9.59 Å². The molecule has 0 saturated heterocycles. The molecule has 2 heterocycles. The first-order valence-corrected chi connectivity index (χ1v) is 23.2. The van der Waals surface area contributed by atoms with Crippen molar-refractivity contribution in [3.8, 4) is 11.1 Å². The third kappa shape index (κ3) is 9.18. The second-order valence-electron chi connectivity index (χ2n) is 17.6. The van der Waals surface area contributed by atoms with Crippen LogP contribution in [0.5, 0.6) is 0 Å². The molecule has 8 rings (SSSR count). The molecule has 60 heavy (non-hydrogen) atoms. The van der Waals surface area contributed by atoms with Crippen LogP contribution in [-0.4, -0.2) is 45.9 Å². The molecule has 2 aliphatic rings. The quantitative estimate of drug-likeness (QED) is 0.0598. The maximum absolute atomic E-state index is 12.7. The summed E-state index contributed by atoms with van der Waals surface area (Å²) >= 11 is 0. The second kappa shape index (κ2) is 19.2. The van der Waals surface area contributed by atoms with Crippen molar-refractivity contribution < 1.29 is 28.5 Å². The number of aryl methyl sites for hydroxylation is 2. The van der Waals surface area contributed by atoms with Crippen molar-refractivity contribution in [2.45, 2.75) is 154 Å². The van der Waals surface area contributed by atoms with Crippen molar-refractivity contribution in [2.75, 3.05) is 13.2 Å². The van der Waals surface area contributed by atoms with Crippen LogP contribution >= 0.6 is 0 Å². The van der Waals surface area contributed by atoms with Gasteiger partial charge in [-0.25, -0.2) is 9.59 Å². The van der Waals surface area contributed by atoms with E-state index in [0.717, 1.165) is 129 Å². The number of carbonyl (C=O) groups excluding carboxylic acids is 2. The highest BCUT2D eigenvalue weighted by atomic mass is 16.7. The van der Waals surface area contributed by atoms with Gasteiger partial charge in [0.2, 0.25) is 0 Å². The zero-order valence-electron chi connectivity index (χ0n) is 36.0. The lowest BCUT2D eigenvalue weighted by atomic mass is 9.95. The Hall–Kier alpha value is -4.98. The zero-order chi connectivity index (χ0) is 41.4. The van der Waals surface area contributed by atoms with E-state index in [9.17, 15) is 9.59 Å². The van der Waals surface area contributed by atoms with Gasteiger partial charge in [-0.1, -0.05) is 81.3 Å². The predicted molar refractivity (Wildman–Crippen MR) is 243 cm³/mol. The minimum atomic E-state index is -0.507. The lowest BCUT2D eigenvalue weighted by Crippen LogP contribution is -2.32. The monoisotopic (exact) mass is 812 g/mol. The van der Waals surface area contributed by atoms with E-state index in [1.807, 2.05) is 0 Å².